The molecule has 1 amide bonds. The van der Waals surface area contributed by atoms with Gasteiger partial charge in [-0.25, -0.2) is 14.1 Å². The van der Waals surface area contributed by atoms with Crippen molar-refractivity contribution in [2.45, 2.75) is 57.6 Å². The van der Waals surface area contributed by atoms with Crippen LogP contribution < -0.4 is 14.6 Å². The molecule has 3 aromatic rings. The lowest BCUT2D eigenvalue weighted by Crippen LogP contribution is -2.42. The molecule has 0 fully saturated rings. The Morgan fingerprint density at radius 2 is 1.90 bits per heavy atom. The maximum atomic E-state index is 14.3. The van der Waals surface area contributed by atoms with Gasteiger partial charge in [-0.15, -0.1) is 34.7 Å². The Morgan fingerprint density at radius 1 is 1.21 bits per heavy atom. The van der Waals surface area contributed by atoms with E-state index < -0.39 is 11.8 Å². The third-order valence-corrected chi connectivity index (χ3v) is 9.84. The zero-order valence-corrected chi connectivity index (χ0v) is 27.9. The molecule has 0 N–H and O–H groups in total. The van der Waals surface area contributed by atoms with Crippen LogP contribution in [0.2, 0.25) is 5.02 Å². The SMILES string of the molecule is COC(=O)CSc1cc(/N=c2\sc(=O)n3n2CCCC3)c(F)cc1Cl.COCC(C)N(C(=O)CCl)c1c(C)csc1C. The summed E-state index contributed by atoms with van der Waals surface area (Å²) in [5.41, 5.74) is 2.17. The molecule has 0 saturated carbocycles. The molecule has 1 aromatic carbocycles. The Bertz CT molecular complexity index is 1520. The van der Waals surface area contributed by atoms with E-state index in [-0.39, 0.29) is 39.2 Å². The lowest BCUT2D eigenvalue weighted by atomic mass is 10.2. The maximum absolute atomic E-state index is 14.3. The standard InChI is InChI=1S/C15H15ClFN3O3S2.C12H18ClNO2S/c1-23-13(21)8-24-12-7-11(10(17)6-9(12)16)18-14-19-4-2-3-5-20(19)15(22)25-14;1-8-7-17-10(3)12(8)14(11(15)5-13)9(2)6-16-4/h6-7H,2-5,8H2,1H3;7,9H,5-6H2,1-4H3/b18-14-;. The topological polar surface area (TPSA) is 95.1 Å². The van der Waals surface area contributed by atoms with Gasteiger partial charge in [-0.2, -0.15) is 0 Å². The van der Waals surface area contributed by atoms with Crippen LogP contribution in [0.5, 0.6) is 0 Å². The Labute approximate surface area is 265 Å². The average molecular weight is 680 g/mol. The van der Waals surface area contributed by atoms with Gasteiger partial charge in [0.25, 0.3) is 0 Å². The molecule has 1 aliphatic heterocycles. The van der Waals surface area contributed by atoms with Gasteiger partial charge in [0, 0.05) is 30.0 Å². The van der Waals surface area contributed by atoms with E-state index in [9.17, 15) is 18.8 Å². The van der Waals surface area contributed by atoms with Crippen molar-refractivity contribution in [3.05, 3.63) is 53.3 Å². The Balaban J connectivity index is 0.000000250. The predicted molar refractivity (Wildman–Crippen MR) is 169 cm³/mol. The number of hydrogen-bond donors (Lipinski definition) is 0. The highest BCUT2D eigenvalue weighted by Gasteiger charge is 2.25. The highest BCUT2D eigenvalue weighted by Crippen LogP contribution is 2.34. The van der Waals surface area contributed by atoms with Gasteiger partial charge in [0.2, 0.25) is 10.7 Å². The Morgan fingerprint density at radius 3 is 2.50 bits per heavy atom. The predicted octanol–water partition coefficient (Wildman–Crippen LogP) is 5.77. The number of halogens is 3. The highest BCUT2D eigenvalue weighted by atomic mass is 35.5. The molecular weight excluding hydrogens is 646 g/mol. The zero-order chi connectivity index (χ0) is 31.0. The van der Waals surface area contributed by atoms with Crippen molar-refractivity contribution in [3.63, 3.8) is 0 Å². The van der Waals surface area contributed by atoms with Crippen LogP contribution in [0.25, 0.3) is 0 Å². The Hall–Kier alpha value is -2.16. The molecule has 1 unspecified atom stereocenters. The largest absolute Gasteiger partial charge is 0.468 e. The number of carbonyl (C=O) groups excluding carboxylic acids is 2. The van der Waals surface area contributed by atoms with Gasteiger partial charge in [0.05, 0.1) is 36.2 Å². The number of aromatic nitrogens is 2. The second-order valence-electron chi connectivity index (χ2n) is 9.34. The van der Waals surface area contributed by atoms with E-state index in [4.69, 9.17) is 27.9 Å². The third-order valence-electron chi connectivity index (χ3n) is 6.27. The summed E-state index contributed by atoms with van der Waals surface area (Å²) in [6, 6.07) is 2.63. The number of amides is 1. The van der Waals surface area contributed by atoms with Gasteiger partial charge in [0.15, 0.2) is 0 Å². The normalized spacial score (nSPS) is 13.7. The van der Waals surface area contributed by atoms with E-state index in [2.05, 4.69) is 15.1 Å². The molecule has 42 heavy (non-hydrogen) atoms. The summed E-state index contributed by atoms with van der Waals surface area (Å²) in [5, 5.41) is 2.25. The quantitative estimate of drug-likeness (QED) is 0.162. The fraction of sp³-hybridized carbons (Fsp3) is 0.481. The molecular formula is C27H33Cl2FN4O5S3. The summed E-state index contributed by atoms with van der Waals surface area (Å²) < 4.78 is 27.4. The molecule has 1 atom stereocenters. The minimum Gasteiger partial charge on any atom is -0.468 e. The smallest absolute Gasteiger partial charge is 0.325 e. The summed E-state index contributed by atoms with van der Waals surface area (Å²) in [6.07, 6.45) is 1.90. The first kappa shape index (κ1) is 34.3. The number of aryl methyl sites for hydroxylation is 2. The van der Waals surface area contributed by atoms with Gasteiger partial charge < -0.3 is 14.4 Å². The number of nitrogens with zero attached hydrogens (tertiary/aromatic N) is 4. The lowest BCUT2D eigenvalue weighted by molar-refractivity contribution is -0.137. The van der Waals surface area contributed by atoms with Crippen molar-refractivity contribution < 1.29 is 23.5 Å². The molecule has 3 heterocycles. The van der Waals surface area contributed by atoms with E-state index in [1.807, 2.05) is 20.8 Å². The molecule has 2 aromatic heterocycles. The first-order valence-electron chi connectivity index (χ1n) is 13.0. The summed E-state index contributed by atoms with van der Waals surface area (Å²) in [4.78, 5) is 43.3. The second-order valence-corrected chi connectivity index (χ2v) is 13.0. The first-order valence-corrected chi connectivity index (χ1v) is 16.6. The second kappa shape index (κ2) is 16.1. The van der Waals surface area contributed by atoms with Crippen LogP contribution in [-0.4, -0.2) is 59.7 Å². The summed E-state index contributed by atoms with van der Waals surface area (Å²) in [7, 11) is 2.93. The maximum Gasteiger partial charge on any atom is 0.325 e. The molecule has 0 radical (unpaired) electrons. The van der Waals surface area contributed by atoms with Crippen LogP contribution in [0.15, 0.2) is 32.2 Å². The van der Waals surface area contributed by atoms with Crippen molar-refractivity contribution >= 4 is 80.9 Å². The summed E-state index contributed by atoms with van der Waals surface area (Å²) in [6.45, 7) is 7.81. The molecule has 0 bridgehead atoms. The molecule has 0 aliphatic carbocycles. The molecule has 230 valence electrons. The molecule has 1 aliphatic rings. The van der Waals surface area contributed by atoms with Gasteiger partial charge >= 0.3 is 10.8 Å². The number of rotatable bonds is 9. The monoisotopic (exact) mass is 678 g/mol. The van der Waals surface area contributed by atoms with Gasteiger partial charge in [-0.3, -0.25) is 19.1 Å². The number of ether oxygens (including phenoxy) is 2. The lowest BCUT2D eigenvalue weighted by Gasteiger charge is -2.29. The molecule has 4 rings (SSSR count). The van der Waals surface area contributed by atoms with E-state index in [1.165, 1.54) is 13.2 Å². The Kier molecular flexibility index (Phi) is 13.1. The van der Waals surface area contributed by atoms with Crippen LogP contribution in [0.3, 0.4) is 0 Å². The van der Waals surface area contributed by atoms with Gasteiger partial charge in [-0.05, 0) is 68.0 Å². The average Bonchev–Trinajstić information content (AvgIpc) is 3.47. The van der Waals surface area contributed by atoms with Crippen molar-refractivity contribution in [3.8, 4) is 0 Å². The minimum absolute atomic E-state index is 0.0111. The number of anilines is 1. The third kappa shape index (κ3) is 8.48. The van der Waals surface area contributed by atoms with Gasteiger partial charge in [0.1, 0.15) is 17.4 Å². The van der Waals surface area contributed by atoms with Crippen LogP contribution >= 0.6 is 57.6 Å². The van der Waals surface area contributed by atoms with E-state index in [0.717, 1.165) is 58.1 Å². The highest BCUT2D eigenvalue weighted by molar-refractivity contribution is 8.00. The number of alkyl halides is 1. The number of fused-ring (bicyclic) bond motifs is 1. The van der Waals surface area contributed by atoms with Crippen molar-refractivity contribution in [2.24, 2.45) is 4.99 Å². The molecule has 15 heteroatoms. The number of esters is 1. The number of hydrogen-bond acceptors (Lipinski definition) is 9. The zero-order valence-electron chi connectivity index (χ0n) is 23.9. The molecule has 0 saturated heterocycles. The fourth-order valence-electron chi connectivity index (χ4n) is 4.33. The number of benzene rings is 1. The first-order chi connectivity index (χ1) is 20.0. The molecule has 9 nitrogen and oxygen atoms in total. The van der Waals surface area contributed by atoms with Crippen LogP contribution in [-0.2, 0) is 32.2 Å². The molecule has 0 spiro atoms. The number of methoxy groups -OCH3 is 2. The van der Waals surface area contributed by atoms with Crippen LogP contribution in [0.4, 0.5) is 15.8 Å². The summed E-state index contributed by atoms with van der Waals surface area (Å²) >= 11 is 15.5. The van der Waals surface area contributed by atoms with Crippen LogP contribution in [0.1, 0.15) is 30.2 Å². The minimum atomic E-state index is -0.580. The number of carbonyl (C=O) groups is 2. The van der Waals surface area contributed by atoms with Crippen LogP contribution in [0, 0.1) is 19.7 Å². The number of thioether (sulfide) groups is 1. The van der Waals surface area contributed by atoms with Crippen molar-refractivity contribution in [1.82, 2.24) is 9.36 Å². The van der Waals surface area contributed by atoms with E-state index >= 15 is 0 Å². The van der Waals surface area contributed by atoms with Crippen molar-refractivity contribution in [2.75, 3.05) is 37.4 Å². The van der Waals surface area contributed by atoms with E-state index in [0.29, 0.717) is 29.4 Å². The van der Waals surface area contributed by atoms with Crippen molar-refractivity contribution in [1.29, 1.82) is 0 Å². The fourth-order valence-corrected chi connectivity index (χ4v) is 7.28. The summed E-state index contributed by atoms with van der Waals surface area (Å²) in [5.74, 6) is -1.02. The number of thiophene rings is 1. The van der Waals surface area contributed by atoms with Gasteiger partial charge in [-0.1, -0.05) is 11.6 Å². The van der Waals surface area contributed by atoms with E-state index in [1.54, 1.807) is 32.7 Å².